The molecule has 20 heavy (non-hydrogen) atoms. The normalized spacial score (nSPS) is 15.0. The van der Waals surface area contributed by atoms with Gasteiger partial charge in [-0.3, -0.25) is 0 Å². The summed E-state index contributed by atoms with van der Waals surface area (Å²) in [6.45, 7) is 6.95. The summed E-state index contributed by atoms with van der Waals surface area (Å²) in [6, 6.07) is 6.52. The smallest absolute Gasteiger partial charge is 0.127 e. The molecule has 106 valence electrons. The summed E-state index contributed by atoms with van der Waals surface area (Å²) in [6.07, 6.45) is 1.00. The molecule has 0 aliphatic carbocycles. The van der Waals surface area contributed by atoms with Gasteiger partial charge in [0.15, 0.2) is 0 Å². The lowest BCUT2D eigenvalue weighted by atomic mass is 9.93. The Labute approximate surface area is 119 Å². The molecule has 0 saturated heterocycles. The number of nitrogens with one attached hydrogen (secondary N) is 1. The van der Waals surface area contributed by atoms with Crippen LogP contribution in [0.4, 0.5) is 0 Å². The second-order valence-electron chi connectivity index (χ2n) is 5.41. The van der Waals surface area contributed by atoms with E-state index in [1.807, 2.05) is 20.9 Å². The zero-order valence-electron chi connectivity index (χ0n) is 12.5. The molecule has 1 unspecified atom stereocenters. The highest BCUT2D eigenvalue weighted by molar-refractivity contribution is 5.50. The third-order valence-electron chi connectivity index (χ3n) is 4.25. The van der Waals surface area contributed by atoms with Crippen molar-refractivity contribution < 1.29 is 9.15 Å². The minimum atomic E-state index is 0.112. The van der Waals surface area contributed by atoms with Crippen LogP contribution in [0.25, 0.3) is 0 Å². The Balaban J connectivity index is 2.14. The molecule has 1 aromatic carbocycles. The highest BCUT2D eigenvalue weighted by Crippen LogP contribution is 2.39. The van der Waals surface area contributed by atoms with Gasteiger partial charge in [0.2, 0.25) is 0 Å². The predicted octanol–water partition coefficient (Wildman–Crippen LogP) is 3.45. The molecule has 3 rings (SSSR count). The third-order valence-corrected chi connectivity index (χ3v) is 4.25. The van der Waals surface area contributed by atoms with Crippen molar-refractivity contribution in [3.8, 4) is 5.75 Å². The van der Waals surface area contributed by atoms with Gasteiger partial charge in [0, 0.05) is 17.5 Å². The summed E-state index contributed by atoms with van der Waals surface area (Å²) >= 11 is 0. The van der Waals surface area contributed by atoms with Crippen LogP contribution >= 0.6 is 0 Å². The maximum atomic E-state index is 5.85. The van der Waals surface area contributed by atoms with Crippen molar-refractivity contribution in [3.63, 3.8) is 0 Å². The Morgan fingerprint density at radius 2 is 1.95 bits per heavy atom. The van der Waals surface area contributed by atoms with Crippen LogP contribution in [0.1, 0.15) is 39.8 Å². The van der Waals surface area contributed by atoms with Gasteiger partial charge in [-0.1, -0.05) is 18.2 Å². The maximum absolute atomic E-state index is 5.85. The minimum Gasteiger partial charge on any atom is -0.493 e. The van der Waals surface area contributed by atoms with Crippen molar-refractivity contribution >= 4 is 0 Å². The first kappa shape index (κ1) is 13.3. The van der Waals surface area contributed by atoms with Crippen LogP contribution < -0.4 is 10.1 Å². The maximum Gasteiger partial charge on any atom is 0.127 e. The number of benzene rings is 1. The Bertz CT molecular complexity index is 643. The molecule has 1 aliphatic heterocycles. The molecule has 0 bridgehead atoms. The first-order valence-corrected chi connectivity index (χ1v) is 7.11. The van der Waals surface area contributed by atoms with E-state index in [1.54, 1.807) is 0 Å². The number of hydrogen-bond donors (Lipinski definition) is 1. The third kappa shape index (κ3) is 1.93. The van der Waals surface area contributed by atoms with Crippen LogP contribution in [0.3, 0.4) is 0 Å². The van der Waals surface area contributed by atoms with Crippen molar-refractivity contribution in [2.24, 2.45) is 0 Å². The van der Waals surface area contributed by atoms with E-state index in [1.165, 1.54) is 22.3 Å². The number of fused-ring (bicyclic) bond motifs is 1. The molecule has 1 aliphatic rings. The topological polar surface area (TPSA) is 34.4 Å². The standard InChI is InChI=1S/C17H21NO2/c1-10-11(2)20-12(3)15(10)16(18-4)14-7-5-6-13-8-9-19-17(13)14/h5-7,16,18H,8-9H2,1-4H3. The number of ether oxygens (including phenoxy) is 1. The Morgan fingerprint density at radius 1 is 1.15 bits per heavy atom. The first-order valence-electron chi connectivity index (χ1n) is 7.11. The first-order chi connectivity index (χ1) is 9.63. The van der Waals surface area contributed by atoms with E-state index in [2.05, 4.69) is 30.4 Å². The molecule has 1 N–H and O–H groups in total. The Kier molecular flexibility index (Phi) is 3.30. The van der Waals surface area contributed by atoms with Gasteiger partial charge in [-0.2, -0.15) is 0 Å². The molecule has 0 amide bonds. The van der Waals surface area contributed by atoms with E-state index in [-0.39, 0.29) is 6.04 Å². The summed E-state index contributed by atoms with van der Waals surface area (Å²) in [5.74, 6) is 3.02. The molecule has 3 nitrogen and oxygen atoms in total. The second-order valence-corrected chi connectivity index (χ2v) is 5.41. The van der Waals surface area contributed by atoms with Gasteiger partial charge in [0.1, 0.15) is 17.3 Å². The molecular formula is C17H21NO2. The molecule has 0 spiro atoms. The summed E-state index contributed by atoms with van der Waals surface area (Å²) in [4.78, 5) is 0. The van der Waals surface area contributed by atoms with E-state index in [0.717, 1.165) is 30.3 Å². The molecule has 0 fully saturated rings. The lowest BCUT2D eigenvalue weighted by molar-refractivity contribution is 0.351. The van der Waals surface area contributed by atoms with Gasteiger partial charge in [-0.05, 0) is 38.9 Å². The average Bonchev–Trinajstić information content (AvgIpc) is 3.00. The van der Waals surface area contributed by atoms with Gasteiger partial charge in [0.25, 0.3) is 0 Å². The van der Waals surface area contributed by atoms with Crippen molar-refractivity contribution in [1.82, 2.24) is 5.32 Å². The van der Waals surface area contributed by atoms with E-state index >= 15 is 0 Å². The van der Waals surface area contributed by atoms with Crippen LogP contribution in [0.15, 0.2) is 22.6 Å². The fourth-order valence-corrected chi connectivity index (χ4v) is 3.16. The predicted molar refractivity (Wildman–Crippen MR) is 79.5 cm³/mol. The molecular weight excluding hydrogens is 250 g/mol. The van der Waals surface area contributed by atoms with Crippen LogP contribution in [-0.4, -0.2) is 13.7 Å². The number of rotatable bonds is 3. The zero-order chi connectivity index (χ0) is 14.3. The summed E-state index contributed by atoms with van der Waals surface area (Å²) in [5, 5.41) is 3.42. The van der Waals surface area contributed by atoms with E-state index in [9.17, 15) is 0 Å². The SMILES string of the molecule is CNC(c1cccc2c1OCC2)c1c(C)oc(C)c1C. The van der Waals surface area contributed by atoms with Gasteiger partial charge < -0.3 is 14.5 Å². The Morgan fingerprint density at radius 3 is 2.60 bits per heavy atom. The lowest BCUT2D eigenvalue weighted by Crippen LogP contribution is -2.19. The van der Waals surface area contributed by atoms with Crippen molar-refractivity contribution in [1.29, 1.82) is 0 Å². The molecule has 2 heterocycles. The summed E-state index contributed by atoms with van der Waals surface area (Å²) < 4.78 is 11.6. The van der Waals surface area contributed by atoms with E-state index in [4.69, 9.17) is 9.15 Å². The number of para-hydroxylation sites is 1. The fraction of sp³-hybridized carbons (Fsp3) is 0.412. The molecule has 2 aromatic rings. The Hall–Kier alpha value is -1.74. The molecule has 3 heteroatoms. The van der Waals surface area contributed by atoms with E-state index in [0.29, 0.717) is 0 Å². The van der Waals surface area contributed by atoms with Gasteiger partial charge in [-0.25, -0.2) is 0 Å². The molecule has 0 saturated carbocycles. The van der Waals surface area contributed by atoms with E-state index < -0.39 is 0 Å². The summed E-state index contributed by atoms with van der Waals surface area (Å²) in [5.41, 5.74) is 4.96. The quantitative estimate of drug-likeness (QED) is 0.928. The van der Waals surface area contributed by atoms with Crippen molar-refractivity contribution in [3.05, 3.63) is 52.0 Å². The van der Waals surface area contributed by atoms with Gasteiger partial charge >= 0.3 is 0 Å². The van der Waals surface area contributed by atoms with Crippen LogP contribution in [0, 0.1) is 20.8 Å². The monoisotopic (exact) mass is 271 g/mol. The van der Waals surface area contributed by atoms with Crippen LogP contribution in [0.2, 0.25) is 0 Å². The number of furan rings is 1. The van der Waals surface area contributed by atoms with Gasteiger partial charge in [-0.15, -0.1) is 0 Å². The molecule has 0 radical (unpaired) electrons. The van der Waals surface area contributed by atoms with Crippen LogP contribution in [-0.2, 0) is 6.42 Å². The molecule has 1 aromatic heterocycles. The zero-order valence-corrected chi connectivity index (χ0v) is 12.5. The molecule has 1 atom stereocenters. The lowest BCUT2D eigenvalue weighted by Gasteiger charge is -2.20. The van der Waals surface area contributed by atoms with Crippen molar-refractivity contribution in [2.45, 2.75) is 33.2 Å². The summed E-state index contributed by atoms with van der Waals surface area (Å²) in [7, 11) is 1.99. The average molecular weight is 271 g/mol. The highest BCUT2D eigenvalue weighted by atomic mass is 16.5. The number of hydrogen-bond acceptors (Lipinski definition) is 3. The number of aryl methyl sites for hydroxylation is 2. The second kappa shape index (κ2) is 4.98. The van der Waals surface area contributed by atoms with Crippen molar-refractivity contribution in [2.75, 3.05) is 13.7 Å². The van der Waals surface area contributed by atoms with Crippen LogP contribution in [0.5, 0.6) is 5.75 Å². The fourth-order valence-electron chi connectivity index (χ4n) is 3.16. The minimum absolute atomic E-state index is 0.112. The largest absolute Gasteiger partial charge is 0.493 e. The van der Waals surface area contributed by atoms with Gasteiger partial charge in [0.05, 0.1) is 12.6 Å². The highest BCUT2D eigenvalue weighted by Gasteiger charge is 2.26.